The van der Waals surface area contributed by atoms with Crippen LogP contribution in [0.25, 0.3) is 0 Å². The molecule has 0 aliphatic carbocycles. The third-order valence-electron chi connectivity index (χ3n) is 5.30. The molecule has 1 aromatic carbocycles. The second-order valence-electron chi connectivity index (χ2n) is 7.41. The van der Waals surface area contributed by atoms with Gasteiger partial charge in [-0.3, -0.25) is 9.79 Å². The van der Waals surface area contributed by atoms with Gasteiger partial charge in [-0.05, 0) is 18.4 Å². The topological polar surface area (TPSA) is 103 Å². The first kappa shape index (κ1) is 25.8. The van der Waals surface area contributed by atoms with Crippen molar-refractivity contribution >= 4 is 45.9 Å². The van der Waals surface area contributed by atoms with Crippen LogP contribution < -0.4 is 10.0 Å². The van der Waals surface area contributed by atoms with E-state index >= 15 is 0 Å². The monoisotopic (exact) mass is 565 g/mol. The number of hydrogen-bond donors (Lipinski definition) is 2. The van der Waals surface area contributed by atoms with Gasteiger partial charge in [-0.1, -0.05) is 30.3 Å². The molecule has 2 N–H and O–H groups in total. The zero-order valence-electron chi connectivity index (χ0n) is 17.8. The van der Waals surface area contributed by atoms with E-state index in [0.29, 0.717) is 38.7 Å². The summed E-state index contributed by atoms with van der Waals surface area (Å²) in [5.74, 6) is 0.680. The summed E-state index contributed by atoms with van der Waals surface area (Å²) >= 11 is 0. The molecular weight excluding hydrogens is 533 g/mol. The van der Waals surface area contributed by atoms with Crippen LogP contribution in [0.4, 0.5) is 0 Å². The van der Waals surface area contributed by atoms with E-state index in [1.807, 2.05) is 40.1 Å². The van der Waals surface area contributed by atoms with Gasteiger partial charge in [0.1, 0.15) is 6.10 Å². The van der Waals surface area contributed by atoms with Crippen molar-refractivity contribution in [3.05, 3.63) is 35.9 Å². The normalized spacial score (nSPS) is 19.8. The van der Waals surface area contributed by atoms with Gasteiger partial charge >= 0.3 is 0 Å². The Labute approximate surface area is 201 Å². The first-order valence-corrected chi connectivity index (χ1v) is 12.0. The van der Waals surface area contributed by atoms with Crippen LogP contribution >= 0.6 is 24.0 Å². The number of carbonyl (C=O) groups excluding carboxylic acids is 1. The van der Waals surface area contributed by atoms with Gasteiger partial charge in [0.2, 0.25) is 10.0 Å². The molecule has 3 rings (SSSR count). The molecule has 1 atom stereocenters. The maximum absolute atomic E-state index is 12.5. The van der Waals surface area contributed by atoms with E-state index < -0.39 is 10.0 Å². The lowest BCUT2D eigenvalue weighted by molar-refractivity contribution is -0.142. The van der Waals surface area contributed by atoms with Crippen molar-refractivity contribution < 1.29 is 17.9 Å². The van der Waals surface area contributed by atoms with Gasteiger partial charge in [0.05, 0.1) is 5.75 Å². The molecule has 0 aromatic heterocycles. The molecule has 0 radical (unpaired) electrons. The molecule has 2 aliphatic heterocycles. The summed E-state index contributed by atoms with van der Waals surface area (Å²) in [6, 6.07) is 9.41. The van der Waals surface area contributed by atoms with Gasteiger partial charge < -0.3 is 19.9 Å². The Morgan fingerprint density at radius 3 is 2.45 bits per heavy atom. The summed E-state index contributed by atoms with van der Waals surface area (Å²) in [6.45, 7) is 3.71. The molecule has 1 amide bonds. The molecule has 31 heavy (non-hydrogen) atoms. The Hall–Kier alpha value is -1.44. The number of halogens is 1. The van der Waals surface area contributed by atoms with Crippen LogP contribution in [0, 0.1) is 0 Å². The van der Waals surface area contributed by atoms with Gasteiger partial charge in [0.15, 0.2) is 5.96 Å². The smallest absolute Gasteiger partial charge is 0.251 e. The van der Waals surface area contributed by atoms with Crippen LogP contribution in [0.3, 0.4) is 0 Å². The molecule has 11 heteroatoms. The Morgan fingerprint density at radius 2 is 1.84 bits per heavy atom. The van der Waals surface area contributed by atoms with Gasteiger partial charge in [0, 0.05) is 52.9 Å². The van der Waals surface area contributed by atoms with Crippen LogP contribution in [0.15, 0.2) is 35.3 Å². The number of ether oxygens (including phenoxy) is 1. The Morgan fingerprint density at radius 1 is 1.16 bits per heavy atom. The van der Waals surface area contributed by atoms with Crippen molar-refractivity contribution in [3.63, 3.8) is 0 Å². The minimum absolute atomic E-state index is 0. The van der Waals surface area contributed by atoms with Gasteiger partial charge in [-0.15, -0.1) is 24.0 Å². The molecule has 2 aliphatic rings. The second kappa shape index (κ2) is 12.6. The first-order valence-electron chi connectivity index (χ1n) is 10.4. The van der Waals surface area contributed by atoms with Gasteiger partial charge in [0.25, 0.3) is 5.91 Å². The fraction of sp³-hybridized carbons (Fsp3) is 0.600. The SMILES string of the molecule is CN=C(NCCS(=O)(=O)NCc1ccccc1)N1CCN(C(=O)C2CCCO2)CC1.I. The zero-order valence-corrected chi connectivity index (χ0v) is 21.0. The summed E-state index contributed by atoms with van der Waals surface area (Å²) in [5.41, 5.74) is 0.917. The Bertz CT molecular complexity index is 823. The quantitative estimate of drug-likeness (QED) is 0.286. The lowest BCUT2D eigenvalue weighted by Crippen LogP contribution is -2.55. The van der Waals surface area contributed by atoms with Gasteiger partial charge in [-0.2, -0.15) is 0 Å². The summed E-state index contributed by atoms with van der Waals surface area (Å²) in [6.07, 6.45) is 1.45. The molecule has 0 saturated carbocycles. The number of carbonyl (C=O) groups is 1. The molecule has 2 heterocycles. The number of nitrogens with one attached hydrogen (secondary N) is 2. The number of benzene rings is 1. The molecule has 2 saturated heterocycles. The molecule has 0 spiro atoms. The number of sulfonamides is 1. The molecule has 9 nitrogen and oxygen atoms in total. The van der Waals surface area contributed by atoms with Crippen molar-refractivity contribution in [1.29, 1.82) is 0 Å². The minimum Gasteiger partial charge on any atom is -0.368 e. The summed E-state index contributed by atoms with van der Waals surface area (Å²) in [5, 5.41) is 3.12. The minimum atomic E-state index is -3.40. The zero-order chi connectivity index (χ0) is 21.4. The highest BCUT2D eigenvalue weighted by Gasteiger charge is 2.30. The first-order chi connectivity index (χ1) is 14.5. The van der Waals surface area contributed by atoms with E-state index in [4.69, 9.17) is 4.74 Å². The lowest BCUT2D eigenvalue weighted by atomic mass is 10.2. The summed E-state index contributed by atoms with van der Waals surface area (Å²) in [4.78, 5) is 20.6. The summed E-state index contributed by atoms with van der Waals surface area (Å²) < 4.78 is 32.6. The van der Waals surface area contributed by atoms with E-state index in [1.54, 1.807) is 7.05 Å². The second-order valence-corrected chi connectivity index (χ2v) is 9.34. The van der Waals surface area contributed by atoms with Crippen molar-refractivity contribution in [2.45, 2.75) is 25.5 Å². The number of hydrogen-bond acceptors (Lipinski definition) is 5. The van der Waals surface area contributed by atoms with Gasteiger partial charge in [-0.25, -0.2) is 13.1 Å². The number of amides is 1. The van der Waals surface area contributed by atoms with Crippen LogP contribution in [-0.4, -0.2) is 88.3 Å². The highest BCUT2D eigenvalue weighted by molar-refractivity contribution is 14.0. The highest BCUT2D eigenvalue weighted by atomic mass is 127. The standard InChI is InChI=1S/C20H31N5O4S.HI/c1-21-20(22-9-15-30(27,28)23-16-17-6-3-2-4-7-17)25-12-10-24(11-13-25)19(26)18-8-5-14-29-18;/h2-4,6-7,18,23H,5,8-16H2,1H3,(H,21,22);1H. The predicted molar refractivity (Wildman–Crippen MR) is 131 cm³/mol. The fourth-order valence-electron chi connectivity index (χ4n) is 3.61. The van der Waals surface area contributed by atoms with Crippen molar-refractivity contribution in [2.75, 3.05) is 52.1 Å². The third-order valence-corrected chi connectivity index (χ3v) is 6.63. The van der Waals surface area contributed by atoms with Crippen LogP contribution in [0.1, 0.15) is 18.4 Å². The molecule has 0 bridgehead atoms. The van der Waals surface area contributed by atoms with E-state index in [-0.39, 0.29) is 54.8 Å². The number of piperazine rings is 1. The maximum atomic E-state index is 12.5. The van der Waals surface area contributed by atoms with Crippen LogP contribution in [0.2, 0.25) is 0 Å². The predicted octanol–water partition coefficient (Wildman–Crippen LogP) is 0.623. The number of guanidine groups is 1. The maximum Gasteiger partial charge on any atom is 0.251 e. The number of nitrogens with zero attached hydrogens (tertiary/aromatic N) is 3. The molecular formula is C20H32IN5O4S. The van der Waals surface area contributed by atoms with Crippen LogP contribution in [-0.2, 0) is 26.1 Å². The third kappa shape index (κ3) is 7.88. The molecule has 2 fully saturated rings. The highest BCUT2D eigenvalue weighted by Crippen LogP contribution is 2.16. The van der Waals surface area contributed by atoms with E-state index in [2.05, 4.69) is 15.0 Å². The fourth-order valence-corrected chi connectivity index (χ4v) is 4.51. The molecule has 1 unspecified atom stereocenters. The van der Waals surface area contributed by atoms with E-state index in [0.717, 1.165) is 18.4 Å². The number of aliphatic imine (C=N–C) groups is 1. The van der Waals surface area contributed by atoms with E-state index in [1.165, 1.54) is 0 Å². The largest absolute Gasteiger partial charge is 0.368 e. The molecule has 1 aromatic rings. The number of rotatable bonds is 7. The van der Waals surface area contributed by atoms with Crippen molar-refractivity contribution in [2.24, 2.45) is 4.99 Å². The molecule has 174 valence electrons. The van der Waals surface area contributed by atoms with Crippen molar-refractivity contribution in [1.82, 2.24) is 19.8 Å². The lowest BCUT2D eigenvalue weighted by Gasteiger charge is -2.37. The van der Waals surface area contributed by atoms with Crippen molar-refractivity contribution in [3.8, 4) is 0 Å². The van der Waals surface area contributed by atoms with E-state index in [9.17, 15) is 13.2 Å². The van der Waals surface area contributed by atoms with Crippen LogP contribution in [0.5, 0.6) is 0 Å². The Kier molecular flexibility index (Phi) is 10.5. The average molecular weight is 565 g/mol. The summed E-state index contributed by atoms with van der Waals surface area (Å²) in [7, 11) is -1.72. The average Bonchev–Trinajstić information content (AvgIpc) is 3.31. The Balaban J connectivity index is 0.00000341.